The summed E-state index contributed by atoms with van der Waals surface area (Å²) in [5.74, 6) is 1.40. The SMILES string of the molecule is C=CC(=O)N1C[C@@H]2[C@H](C1)[C@@H]2Oc1nc(Nc2cnn(C)c2)nc2[nH]cc(Cl)c12. The van der Waals surface area contributed by atoms with Gasteiger partial charge in [-0.1, -0.05) is 18.2 Å². The summed E-state index contributed by atoms with van der Waals surface area (Å²) in [5, 5.41) is 8.42. The van der Waals surface area contributed by atoms with Gasteiger partial charge in [-0.3, -0.25) is 9.48 Å². The third-order valence-electron chi connectivity index (χ3n) is 5.26. The van der Waals surface area contributed by atoms with Crippen LogP contribution in [-0.4, -0.2) is 54.7 Å². The molecule has 10 heteroatoms. The molecule has 5 rings (SSSR count). The predicted octanol–water partition coefficient (Wildman–Crippen LogP) is 2.11. The van der Waals surface area contributed by atoms with Gasteiger partial charge in [-0.2, -0.15) is 15.1 Å². The molecule has 9 nitrogen and oxygen atoms in total. The monoisotopic (exact) mass is 399 g/mol. The summed E-state index contributed by atoms with van der Waals surface area (Å²) >= 11 is 6.31. The van der Waals surface area contributed by atoms with Gasteiger partial charge in [0.2, 0.25) is 17.7 Å². The third-order valence-corrected chi connectivity index (χ3v) is 5.56. The lowest BCUT2D eigenvalue weighted by Gasteiger charge is -2.18. The quantitative estimate of drug-likeness (QED) is 0.637. The topological polar surface area (TPSA) is 101 Å². The second-order valence-electron chi connectivity index (χ2n) is 7.10. The number of likely N-dealkylation sites (tertiary alicyclic amines) is 1. The summed E-state index contributed by atoms with van der Waals surface area (Å²) in [6, 6.07) is 0. The Hall–Kier alpha value is -3.07. The fourth-order valence-electron chi connectivity index (χ4n) is 3.80. The van der Waals surface area contributed by atoms with E-state index >= 15 is 0 Å². The molecule has 1 aliphatic carbocycles. The van der Waals surface area contributed by atoms with Crippen molar-refractivity contribution in [2.24, 2.45) is 18.9 Å². The summed E-state index contributed by atoms with van der Waals surface area (Å²) in [7, 11) is 1.83. The van der Waals surface area contributed by atoms with E-state index in [0.717, 1.165) is 5.69 Å². The van der Waals surface area contributed by atoms with Gasteiger partial charge in [-0.15, -0.1) is 0 Å². The van der Waals surface area contributed by atoms with Crippen LogP contribution in [0, 0.1) is 11.8 Å². The highest BCUT2D eigenvalue weighted by molar-refractivity contribution is 6.35. The Labute approximate surface area is 165 Å². The van der Waals surface area contributed by atoms with E-state index in [-0.39, 0.29) is 12.0 Å². The number of aryl methyl sites for hydroxylation is 1. The normalized spacial score (nSPS) is 22.9. The Morgan fingerprint density at radius 1 is 1.43 bits per heavy atom. The van der Waals surface area contributed by atoms with Crippen molar-refractivity contribution in [3.63, 3.8) is 0 Å². The largest absolute Gasteiger partial charge is 0.473 e. The van der Waals surface area contributed by atoms with E-state index in [0.29, 0.717) is 52.8 Å². The Kier molecular flexibility index (Phi) is 3.80. The molecule has 2 fully saturated rings. The van der Waals surface area contributed by atoms with Crippen molar-refractivity contribution in [1.82, 2.24) is 29.6 Å². The van der Waals surface area contributed by atoms with Gasteiger partial charge in [0.25, 0.3) is 0 Å². The smallest absolute Gasteiger partial charge is 0.245 e. The molecule has 144 valence electrons. The summed E-state index contributed by atoms with van der Waals surface area (Å²) in [5.41, 5.74) is 1.36. The van der Waals surface area contributed by atoms with Crippen molar-refractivity contribution in [2.45, 2.75) is 6.10 Å². The van der Waals surface area contributed by atoms with Crippen LogP contribution in [0.15, 0.2) is 31.2 Å². The maximum absolute atomic E-state index is 11.8. The Morgan fingerprint density at radius 2 is 2.21 bits per heavy atom. The van der Waals surface area contributed by atoms with Crippen molar-refractivity contribution in [3.05, 3.63) is 36.3 Å². The Morgan fingerprint density at radius 3 is 2.89 bits per heavy atom. The summed E-state index contributed by atoms with van der Waals surface area (Å²) in [4.78, 5) is 25.6. The van der Waals surface area contributed by atoms with Crippen molar-refractivity contribution in [1.29, 1.82) is 0 Å². The number of amides is 1. The number of piperidine rings is 1. The standard InChI is InChI=1S/C18H18ClN7O2/c1-3-13(27)26-7-10-11(8-26)15(10)28-17-14-12(19)5-20-16(14)23-18(24-17)22-9-4-21-25(2)6-9/h3-6,10-11,15H,1,7-8H2,2H3,(H2,20,22,23,24)/t10-,11+,15-. The number of rotatable bonds is 5. The molecule has 2 N–H and O–H groups in total. The van der Waals surface area contributed by atoms with E-state index in [2.05, 4.69) is 31.9 Å². The molecule has 3 atom stereocenters. The van der Waals surface area contributed by atoms with Crippen LogP contribution < -0.4 is 10.1 Å². The molecular formula is C18H18ClN7O2. The number of H-pyrrole nitrogens is 1. The Bertz CT molecular complexity index is 1080. The molecule has 1 saturated heterocycles. The molecule has 28 heavy (non-hydrogen) atoms. The van der Waals surface area contributed by atoms with Gasteiger partial charge in [0.15, 0.2) is 0 Å². The van der Waals surface area contributed by atoms with E-state index in [1.807, 2.05) is 13.2 Å². The molecule has 0 radical (unpaired) electrons. The van der Waals surface area contributed by atoms with Crippen molar-refractivity contribution < 1.29 is 9.53 Å². The molecule has 0 aromatic carbocycles. The van der Waals surface area contributed by atoms with Crippen LogP contribution >= 0.6 is 11.6 Å². The number of nitrogens with zero attached hydrogens (tertiary/aromatic N) is 5. The predicted molar refractivity (Wildman–Crippen MR) is 104 cm³/mol. The minimum absolute atomic E-state index is 0.0178. The zero-order valence-corrected chi connectivity index (χ0v) is 15.8. The number of hydrogen-bond donors (Lipinski definition) is 2. The summed E-state index contributed by atoms with van der Waals surface area (Å²) in [6.07, 6.45) is 6.55. The first-order chi connectivity index (χ1) is 13.5. The fourth-order valence-corrected chi connectivity index (χ4v) is 4.03. The van der Waals surface area contributed by atoms with Crippen molar-refractivity contribution in [3.8, 4) is 5.88 Å². The van der Waals surface area contributed by atoms with E-state index in [1.54, 1.807) is 22.0 Å². The molecular weight excluding hydrogens is 382 g/mol. The van der Waals surface area contributed by atoms with Crippen molar-refractivity contribution >= 4 is 40.2 Å². The number of carbonyl (C=O) groups is 1. The molecule has 1 aliphatic heterocycles. The number of fused-ring (bicyclic) bond motifs is 2. The van der Waals surface area contributed by atoms with Gasteiger partial charge < -0.3 is 19.9 Å². The van der Waals surface area contributed by atoms with Crippen LogP contribution in [0.5, 0.6) is 5.88 Å². The fraction of sp³-hybridized carbons (Fsp3) is 0.333. The van der Waals surface area contributed by atoms with E-state index in [9.17, 15) is 4.79 Å². The molecule has 1 saturated carbocycles. The van der Waals surface area contributed by atoms with Crippen LogP contribution in [0.25, 0.3) is 11.0 Å². The number of aromatic amines is 1. The number of halogens is 1. The van der Waals surface area contributed by atoms with Crippen LogP contribution in [0.3, 0.4) is 0 Å². The van der Waals surface area contributed by atoms with Crippen LogP contribution in [-0.2, 0) is 11.8 Å². The maximum atomic E-state index is 11.8. The lowest BCUT2D eigenvalue weighted by molar-refractivity contribution is -0.125. The zero-order valence-electron chi connectivity index (χ0n) is 15.1. The van der Waals surface area contributed by atoms with Gasteiger partial charge in [-0.25, -0.2) is 0 Å². The first-order valence-electron chi connectivity index (χ1n) is 8.92. The van der Waals surface area contributed by atoms with Crippen LogP contribution in [0.1, 0.15) is 0 Å². The van der Waals surface area contributed by atoms with Crippen LogP contribution in [0.2, 0.25) is 5.02 Å². The lowest BCUT2D eigenvalue weighted by atomic mass is 10.3. The second-order valence-corrected chi connectivity index (χ2v) is 7.50. The highest BCUT2D eigenvalue weighted by atomic mass is 35.5. The molecule has 3 aromatic rings. The van der Waals surface area contributed by atoms with Gasteiger partial charge in [0, 0.05) is 44.4 Å². The van der Waals surface area contributed by atoms with Gasteiger partial charge in [0.1, 0.15) is 11.8 Å². The van der Waals surface area contributed by atoms with E-state index < -0.39 is 0 Å². The molecule has 0 unspecified atom stereocenters. The van der Waals surface area contributed by atoms with E-state index in [4.69, 9.17) is 16.3 Å². The number of anilines is 2. The van der Waals surface area contributed by atoms with E-state index in [1.165, 1.54) is 6.08 Å². The summed E-state index contributed by atoms with van der Waals surface area (Å²) < 4.78 is 7.90. The maximum Gasteiger partial charge on any atom is 0.245 e. The number of hydrogen-bond acceptors (Lipinski definition) is 6. The van der Waals surface area contributed by atoms with Crippen molar-refractivity contribution in [2.75, 3.05) is 18.4 Å². The highest BCUT2D eigenvalue weighted by Crippen LogP contribution is 2.48. The molecule has 3 aromatic heterocycles. The van der Waals surface area contributed by atoms with Crippen LogP contribution in [0.4, 0.5) is 11.6 Å². The minimum Gasteiger partial charge on any atom is -0.473 e. The molecule has 0 spiro atoms. The average Bonchev–Trinajstić information content (AvgIpc) is 3.11. The van der Waals surface area contributed by atoms with Gasteiger partial charge in [0.05, 0.1) is 22.3 Å². The summed E-state index contributed by atoms with van der Waals surface area (Å²) in [6.45, 7) is 4.90. The number of aromatic nitrogens is 5. The van der Waals surface area contributed by atoms with Gasteiger partial charge >= 0.3 is 0 Å². The minimum atomic E-state index is -0.0352. The first-order valence-corrected chi connectivity index (χ1v) is 9.29. The first kappa shape index (κ1) is 17.1. The number of carbonyl (C=O) groups excluding carboxylic acids is 1. The molecule has 2 aliphatic rings. The number of nitrogens with one attached hydrogen (secondary N) is 2. The highest BCUT2D eigenvalue weighted by Gasteiger charge is 2.59. The Balaban J connectivity index is 1.39. The zero-order chi connectivity index (χ0) is 19.4. The molecule has 0 bridgehead atoms. The molecule has 4 heterocycles. The number of ether oxygens (including phenoxy) is 1. The average molecular weight is 400 g/mol. The van der Waals surface area contributed by atoms with Gasteiger partial charge in [-0.05, 0) is 6.08 Å². The lowest BCUT2D eigenvalue weighted by Crippen LogP contribution is -2.31. The second kappa shape index (κ2) is 6.23. The third kappa shape index (κ3) is 2.78. The molecule has 1 amide bonds.